The second kappa shape index (κ2) is 7.86. The number of nitrogens with zero attached hydrogens (tertiary/aromatic N) is 1. The van der Waals surface area contributed by atoms with Gasteiger partial charge in [-0.2, -0.15) is 13.2 Å². The number of imide groups is 1. The van der Waals surface area contributed by atoms with Crippen LogP contribution < -0.4 is 5.32 Å². The highest BCUT2D eigenvalue weighted by molar-refractivity contribution is 6.21. The zero-order valence-corrected chi connectivity index (χ0v) is 14.0. The normalized spacial score (nSPS) is 22.5. The highest BCUT2D eigenvalue weighted by Crippen LogP contribution is 2.26. The van der Waals surface area contributed by atoms with E-state index in [0.717, 1.165) is 19.4 Å². The third-order valence-electron chi connectivity index (χ3n) is 4.29. The number of alkyl halides is 3. The van der Waals surface area contributed by atoms with Gasteiger partial charge in [-0.3, -0.25) is 14.5 Å². The molecule has 0 spiro atoms. The summed E-state index contributed by atoms with van der Waals surface area (Å²) >= 11 is 0. The Morgan fingerprint density at radius 1 is 1.23 bits per heavy atom. The number of carbonyl (C=O) groups excluding carboxylic acids is 2. The van der Waals surface area contributed by atoms with Crippen molar-refractivity contribution in [2.45, 2.75) is 32.0 Å². The van der Waals surface area contributed by atoms with Crippen LogP contribution in [-0.2, 0) is 4.79 Å². The van der Waals surface area contributed by atoms with Gasteiger partial charge >= 0.3 is 12.1 Å². The van der Waals surface area contributed by atoms with Crippen molar-refractivity contribution in [3.05, 3.63) is 35.4 Å². The second-order valence-corrected chi connectivity index (χ2v) is 6.31. The Morgan fingerprint density at radius 2 is 1.73 bits per heavy atom. The smallest absolute Gasteiger partial charge is 0.475 e. The molecule has 26 heavy (non-hydrogen) atoms. The van der Waals surface area contributed by atoms with Gasteiger partial charge < -0.3 is 10.4 Å². The first kappa shape index (κ1) is 19.9. The zero-order chi connectivity index (χ0) is 19.5. The van der Waals surface area contributed by atoms with Crippen molar-refractivity contribution in [1.82, 2.24) is 10.2 Å². The lowest BCUT2D eigenvalue weighted by Crippen LogP contribution is -2.42. The molecular weight excluding hydrogens is 353 g/mol. The van der Waals surface area contributed by atoms with Crippen molar-refractivity contribution in [3.63, 3.8) is 0 Å². The Kier molecular flexibility index (Phi) is 6.01. The number of hydrogen-bond acceptors (Lipinski definition) is 4. The first-order valence-electron chi connectivity index (χ1n) is 8.10. The molecule has 1 aromatic carbocycles. The molecule has 9 heteroatoms. The molecule has 0 bridgehead atoms. The predicted molar refractivity (Wildman–Crippen MR) is 85.7 cm³/mol. The molecule has 2 heterocycles. The number of fused-ring (bicyclic) bond motifs is 1. The lowest BCUT2D eigenvalue weighted by atomic mass is 9.93. The van der Waals surface area contributed by atoms with Gasteiger partial charge in [0.2, 0.25) is 0 Å². The molecule has 2 unspecified atom stereocenters. The van der Waals surface area contributed by atoms with E-state index in [1.165, 1.54) is 4.90 Å². The van der Waals surface area contributed by atoms with Gasteiger partial charge in [-0.1, -0.05) is 12.1 Å². The van der Waals surface area contributed by atoms with Crippen LogP contribution in [0, 0.1) is 5.92 Å². The highest BCUT2D eigenvalue weighted by atomic mass is 19.4. The maximum Gasteiger partial charge on any atom is 0.490 e. The molecule has 2 atom stereocenters. The minimum absolute atomic E-state index is 0.133. The Labute approximate surface area is 148 Å². The van der Waals surface area contributed by atoms with E-state index < -0.39 is 12.1 Å². The molecule has 2 aliphatic heterocycles. The fraction of sp³-hybridized carbons (Fsp3) is 0.471. The summed E-state index contributed by atoms with van der Waals surface area (Å²) in [6, 6.07) is 7.55. The van der Waals surface area contributed by atoms with Crippen LogP contribution in [0.2, 0.25) is 0 Å². The number of amides is 2. The van der Waals surface area contributed by atoms with Gasteiger partial charge in [0.15, 0.2) is 0 Å². The standard InChI is InChI=1S/C15H18N2O2.C2HF3O2/c1-10-8-11(6-7-16-10)9-17-14(18)12-4-2-3-5-13(12)15(17)19;3-2(4,5)1(6)7/h2-5,10-11,16H,6-9H2,1H3;(H,6,7). The van der Waals surface area contributed by atoms with E-state index in [4.69, 9.17) is 9.90 Å². The minimum atomic E-state index is -5.08. The van der Waals surface area contributed by atoms with Gasteiger partial charge in [0.1, 0.15) is 0 Å². The van der Waals surface area contributed by atoms with E-state index >= 15 is 0 Å². The van der Waals surface area contributed by atoms with E-state index in [1.54, 1.807) is 24.3 Å². The van der Waals surface area contributed by atoms with Gasteiger partial charge in [-0.05, 0) is 44.4 Å². The fourth-order valence-corrected chi connectivity index (χ4v) is 3.06. The second-order valence-electron chi connectivity index (χ2n) is 6.31. The predicted octanol–water partition coefficient (Wildman–Crippen LogP) is 2.30. The maximum atomic E-state index is 12.3. The Balaban J connectivity index is 0.000000298. The number of rotatable bonds is 2. The van der Waals surface area contributed by atoms with Crippen molar-refractivity contribution < 1.29 is 32.7 Å². The summed E-state index contributed by atoms with van der Waals surface area (Å²) < 4.78 is 31.7. The van der Waals surface area contributed by atoms with Gasteiger partial charge in [-0.15, -0.1) is 0 Å². The molecule has 142 valence electrons. The van der Waals surface area contributed by atoms with Crippen LogP contribution >= 0.6 is 0 Å². The van der Waals surface area contributed by atoms with Crippen LogP contribution in [0.4, 0.5) is 13.2 Å². The molecule has 0 aromatic heterocycles. The number of piperidine rings is 1. The monoisotopic (exact) mass is 372 g/mol. The lowest BCUT2D eigenvalue weighted by Gasteiger charge is -2.30. The minimum Gasteiger partial charge on any atom is -0.475 e. The van der Waals surface area contributed by atoms with Crippen LogP contribution in [0.3, 0.4) is 0 Å². The Hall–Kier alpha value is -2.42. The highest BCUT2D eigenvalue weighted by Gasteiger charge is 2.38. The molecule has 0 saturated carbocycles. The van der Waals surface area contributed by atoms with Crippen molar-refractivity contribution in [1.29, 1.82) is 0 Å². The third kappa shape index (κ3) is 4.60. The molecule has 1 aromatic rings. The number of aliphatic carboxylic acids is 1. The van der Waals surface area contributed by atoms with E-state index in [2.05, 4.69) is 12.2 Å². The number of benzene rings is 1. The first-order chi connectivity index (χ1) is 12.1. The van der Waals surface area contributed by atoms with Crippen molar-refractivity contribution in [3.8, 4) is 0 Å². The number of hydrogen-bond donors (Lipinski definition) is 2. The van der Waals surface area contributed by atoms with Gasteiger partial charge in [0.05, 0.1) is 11.1 Å². The van der Waals surface area contributed by atoms with Crippen LogP contribution in [-0.4, -0.2) is 53.1 Å². The quantitative estimate of drug-likeness (QED) is 0.778. The molecule has 1 saturated heterocycles. The average molecular weight is 372 g/mol. The van der Waals surface area contributed by atoms with Crippen LogP contribution in [0.15, 0.2) is 24.3 Å². The summed E-state index contributed by atoms with van der Waals surface area (Å²) in [6.45, 7) is 3.67. The molecule has 0 radical (unpaired) electrons. The third-order valence-corrected chi connectivity index (χ3v) is 4.29. The van der Waals surface area contributed by atoms with Crippen molar-refractivity contribution in [2.75, 3.05) is 13.1 Å². The molecule has 2 amide bonds. The van der Waals surface area contributed by atoms with Gasteiger partial charge in [0, 0.05) is 12.6 Å². The molecule has 6 nitrogen and oxygen atoms in total. The first-order valence-corrected chi connectivity index (χ1v) is 8.10. The molecule has 2 N–H and O–H groups in total. The lowest BCUT2D eigenvalue weighted by molar-refractivity contribution is -0.192. The summed E-state index contributed by atoms with van der Waals surface area (Å²) in [5.41, 5.74) is 1.10. The van der Waals surface area contributed by atoms with Crippen molar-refractivity contribution in [2.24, 2.45) is 5.92 Å². The maximum absolute atomic E-state index is 12.3. The summed E-state index contributed by atoms with van der Waals surface area (Å²) in [6.07, 6.45) is -3.04. The number of carboxylic acids is 1. The van der Waals surface area contributed by atoms with Gasteiger partial charge in [-0.25, -0.2) is 4.79 Å². The fourth-order valence-electron chi connectivity index (χ4n) is 3.06. The molecule has 3 rings (SSSR count). The van der Waals surface area contributed by atoms with Crippen molar-refractivity contribution >= 4 is 17.8 Å². The van der Waals surface area contributed by atoms with E-state index in [0.29, 0.717) is 29.6 Å². The van der Waals surface area contributed by atoms with Crippen LogP contribution in [0.5, 0.6) is 0 Å². The molecular formula is C17H19F3N2O4. The summed E-state index contributed by atoms with van der Waals surface area (Å²) in [4.78, 5) is 34.8. The Morgan fingerprint density at radius 3 is 2.15 bits per heavy atom. The largest absolute Gasteiger partial charge is 0.490 e. The van der Waals surface area contributed by atoms with E-state index in [-0.39, 0.29) is 11.8 Å². The average Bonchev–Trinajstić information content (AvgIpc) is 2.80. The Bertz CT molecular complexity index is 670. The summed E-state index contributed by atoms with van der Waals surface area (Å²) in [7, 11) is 0. The number of carboxylic acid groups (broad SMARTS) is 1. The number of carbonyl (C=O) groups is 3. The molecule has 0 aliphatic carbocycles. The molecule has 1 fully saturated rings. The van der Waals surface area contributed by atoms with E-state index in [9.17, 15) is 22.8 Å². The topological polar surface area (TPSA) is 86.7 Å². The van der Waals surface area contributed by atoms with Crippen LogP contribution in [0.25, 0.3) is 0 Å². The molecule has 2 aliphatic rings. The number of halogens is 3. The van der Waals surface area contributed by atoms with Gasteiger partial charge in [0.25, 0.3) is 11.8 Å². The summed E-state index contributed by atoms with van der Waals surface area (Å²) in [5.74, 6) is -2.61. The SMILES string of the molecule is CC1CC(CN2C(=O)c3ccccc3C2=O)CCN1.O=C(O)C(F)(F)F. The van der Waals surface area contributed by atoms with E-state index in [1.807, 2.05) is 0 Å². The number of nitrogens with one attached hydrogen (secondary N) is 1. The summed E-state index contributed by atoms with van der Waals surface area (Å²) in [5, 5.41) is 10.5. The van der Waals surface area contributed by atoms with Crippen LogP contribution in [0.1, 0.15) is 40.5 Å². The zero-order valence-electron chi connectivity index (χ0n) is 14.0.